The Morgan fingerprint density at radius 2 is 1.71 bits per heavy atom. The quantitative estimate of drug-likeness (QED) is 0.531. The first kappa shape index (κ1) is 15.7. The normalized spacial score (nSPS) is 20.1. The van der Waals surface area contributed by atoms with E-state index in [0.29, 0.717) is 5.56 Å². The summed E-state index contributed by atoms with van der Waals surface area (Å²) in [6.45, 7) is 1.77. The third-order valence-corrected chi connectivity index (χ3v) is 4.11. The smallest absolute Gasteiger partial charge is 0.319 e. The predicted octanol–water partition coefficient (Wildman–Crippen LogP) is 2.56. The molecule has 7 nitrogen and oxygen atoms in total. The number of imide groups is 1. The van der Waals surface area contributed by atoms with Gasteiger partial charge in [0.15, 0.2) is 0 Å². The minimum Gasteiger partial charge on any atom is -0.319 e. The highest BCUT2D eigenvalue weighted by molar-refractivity contribution is 6.07. The zero-order chi connectivity index (χ0) is 17.3. The maximum Gasteiger partial charge on any atom is 0.325 e. The second-order valence-electron chi connectivity index (χ2n) is 5.74. The maximum absolute atomic E-state index is 12.8. The molecule has 0 radical (unpaired) electrons. The highest BCUT2D eigenvalue weighted by Gasteiger charge is 2.48. The van der Waals surface area contributed by atoms with Gasteiger partial charge in [-0.05, 0) is 30.2 Å². The van der Waals surface area contributed by atoms with Crippen molar-refractivity contribution in [2.75, 3.05) is 0 Å². The summed E-state index contributed by atoms with van der Waals surface area (Å²) in [5.74, 6) is -0.384. The summed E-state index contributed by atoms with van der Waals surface area (Å²) in [6, 6.07) is 14.3. The van der Waals surface area contributed by atoms with Gasteiger partial charge >= 0.3 is 6.03 Å². The molecule has 1 saturated heterocycles. The van der Waals surface area contributed by atoms with Crippen LogP contribution >= 0.6 is 0 Å². The van der Waals surface area contributed by atoms with Gasteiger partial charge in [-0.25, -0.2) is 4.79 Å². The number of hydrogen-bond donors (Lipinski definition) is 1. The number of amides is 3. The minimum absolute atomic E-state index is 0.0692. The van der Waals surface area contributed by atoms with Gasteiger partial charge in [-0.1, -0.05) is 30.3 Å². The van der Waals surface area contributed by atoms with Crippen molar-refractivity contribution < 1.29 is 14.5 Å². The molecule has 2 aromatic rings. The third kappa shape index (κ3) is 2.60. The molecule has 0 unspecified atom stereocenters. The number of nitro benzene ring substituents is 1. The molecule has 122 valence electrons. The van der Waals surface area contributed by atoms with Gasteiger partial charge in [0.2, 0.25) is 0 Å². The summed E-state index contributed by atoms with van der Waals surface area (Å²) in [5, 5.41) is 13.4. The molecule has 0 saturated carbocycles. The van der Waals surface area contributed by atoms with Crippen LogP contribution in [0.5, 0.6) is 0 Å². The van der Waals surface area contributed by atoms with E-state index in [-0.39, 0.29) is 18.1 Å². The molecule has 0 spiro atoms. The lowest BCUT2D eigenvalue weighted by Gasteiger charge is -2.22. The molecule has 0 aromatic heterocycles. The van der Waals surface area contributed by atoms with E-state index in [0.717, 1.165) is 10.5 Å². The van der Waals surface area contributed by atoms with E-state index in [9.17, 15) is 19.7 Å². The number of urea groups is 1. The number of benzene rings is 2. The van der Waals surface area contributed by atoms with E-state index in [1.54, 1.807) is 6.92 Å². The van der Waals surface area contributed by atoms with Crippen LogP contribution in [0.15, 0.2) is 54.6 Å². The minimum atomic E-state index is -1.24. The lowest BCUT2D eigenvalue weighted by atomic mass is 9.92. The molecule has 1 aliphatic rings. The summed E-state index contributed by atoms with van der Waals surface area (Å²) in [5.41, 5.74) is 0.0392. The highest BCUT2D eigenvalue weighted by Crippen LogP contribution is 2.30. The van der Waals surface area contributed by atoms with Gasteiger partial charge in [0.25, 0.3) is 11.6 Å². The summed E-state index contributed by atoms with van der Waals surface area (Å²) >= 11 is 0. The predicted molar refractivity (Wildman–Crippen MR) is 86.0 cm³/mol. The van der Waals surface area contributed by atoms with Gasteiger partial charge < -0.3 is 5.32 Å². The van der Waals surface area contributed by atoms with Crippen LogP contribution in [0.2, 0.25) is 0 Å². The Hall–Kier alpha value is -3.22. The zero-order valence-corrected chi connectivity index (χ0v) is 12.9. The van der Waals surface area contributed by atoms with Crippen molar-refractivity contribution in [3.05, 3.63) is 75.8 Å². The van der Waals surface area contributed by atoms with Gasteiger partial charge in [0.05, 0.1) is 11.5 Å². The van der Waals surface area contributed by atoms with E-state index in [1.807, 2.05) is 30.3 Å². The van der Waals surface area contributed by atoms with Crippen LogP contribution in [0.25, 0.3) is 0 Å². The van der Waals surface area contributed by atoms with E-state index < -0.39 is 16.5 Å². The fourth-order valence-electron chi connectivity index (χ4n) is 2.72. The van der Waals surface area contributed by atoms with Crippen molar-refractivity contribution in [3.63, 3.8) is 0 Å². The van der Waals surface area contributed by atoms with Gasteiger partial charge in [0, 0.05) is 12.1 Å². The van der Waals surface area contributed by atoms with Crippen LogP contribution in [0.1, 0.15) is 18.1 Å². The molecule has 0 bridgehead atoms. The fourth-order valence-corrected chi connectivity index (χ4v) is 2.72. The van der Waals surface area contributed by atoms with E-state index >= 15 is 0 Å². The molecule has 3 rings (SSSR count). The van der Waals surface area contributed by atoms with Crippen LogP contribution in [0.4, 0.5) is 10.5 Å². The third-order valence-electron chi connectivity index (χ3n) is 4.11. The summed E-state index contributed by atoms with van der Waals surface area (Å²) < 4.78 is 0. The first-order chi connectivity index (χ1) is 11.4. The number of rotatable bonds is 4. The largest absolute Gasteiger partial charge is 0.325 e. The zero-order valence-electron chi connectivity index (χ0n) is 12.9. The molecule has 24 heavy (non-hydrogen) atoms. The summed E-state index contributed by atoms with van der Waals surface area (Å²) in [7, 11) is 0. The molecule has 2 aromatic carbocycles. The van der Waals surface area contributed by atoms with Crippen molar-refractivity contribution in [2.24, 2.45) is 0 Å². The molecule has 1 fully saturated rings. The fraction of sp³-hybridized carbons (Fsp3) is 0.176. The van der Waals surface area contributed by atoms with Gasteiger partial charge in [-0.3, -0.25) is 19.8 Å². The van der Waals surface area contributed by atoms with Crippen molar-refractivity contribution in [3.8, 4) is 0 Å². The molecule has 1 atom stereocenters. The standard InChI is InChI=1S/C17H15N3O4/c1-17(13-7-9-14(10-8-13)20(23)24)15(21)19(16(22)18-17)11-12-5-3-2-4-6-12/h2-10H,11H2,1H3,(H,18,22)/t17-/m0/s1. The maximum atomic E-state index is 12.8. The Morgan fingerprint density at radius 1 is 1.08 bits per heavy atom. The van der Waals surface area contributed by atoms with Crippen molar-refractivity contribution in [1.29, 1.82) is 0 Å². The van der Waals surface area contributed by atoms with Crippen LogP contribution < -0.4 is 5.32 Å². The average Bonchev–Trinajstić information content (AvgIpc) is 2.80. The van der Waals surface area contributed by atoms with Gasteiger partial charge in [-0.2, -0.15) is 0 Å². The highest BCUT2D eigenvalue weighted by atomic mass is 16.6. The Morgan fingerprint density at radius 3 is 2.29 bits per heavy atom. The Kier molecular flexibility index (Phi) is 3.76. The van der Waals surface area contributed by atoms with Crippen LogP contribution in [-0.2, 0) is 16.9 Å². The van der Waals surface area contributed by atoms with E-state index in [1.165, 1.54) is 24.3 Å². The summed E-state index contributed by atoms with van der Waals surface area (Å²) in [4.78, 5) is 36.4. The van der Waals surface area contributed by atoms with E-state index in [4.69, 9.17) is 0 Å². The van der Waals surface area contributed by atoms with Gasteiger partial charge in [-0.15, -0.1) is 0 Å². The number of carbonyl (C=O) groups is 2. The van der Waals surface area contributed by atoms with Crippen LogP contribution in [0, 0.1) is 10.1 Å². The van der Waals surface area contributed by atoms with E-state index in [2.05, 4.69) is 5.32 Å². The van der Waals surface area contributed by atoms with Crippen molar-refractivity contribution in [2.45, 2.75) is 19.0 Å². The molecule has 3 amide bonds. The molecule has 7 heteroatoms. The molecule has 1 aliphatic heterocycles. The lowest BCUT2D eigenvalue weighted by molar-refractivity contribution is -0.384. The van der Waals surface area contributed by atoms with Crippen LogP contribution in [-0.4, -0.2) is 21.8 Å². The second kappa shape index (κ2) is 5.77. The number of hydrogen-bond acceptors (Lipinski definition) is 4. The monoisotopic (exact) mass is 325 g/mol. The lowest BCUT2D eigenvalue weighted by Crippen LogP contribution is -2.40. The Balaban J connectivity index is 1.87. The number of carbonyl (C=O) groups excluding carboxylic acids is 2. The number of non-ortho nitro benzene ring substituents is 1. The molecule has 1 heterocycles. The number of nitrogens with zero attached hydrogens (tertiary/aromatic N) is 2. The average molecular weight is 325 g/mol. The SMILES string of the molecule is C[C@@]1(c2ccc([N+](=O)[O-])cc2)NC(=O)N(Cc2ccccc2)C1=O. The first-order valence-electron chi connectivity index (χ1n) is 7.35. The Labute approximate surface area is 138 Å². The number of nitrogens with one attached hydrogen (secondary N) is 1. The molecular formula is C17H15N3O4. The topological polar surface area (TPSA) is 92.6 Å². The Bertz CT molecular complexity index is 804. The van der Waals surface area contributed by atoms with Crippen molar-refractivity contribution >= 4 is 17.6 Å². The van der Waals surface area contributed by atoms with Gasteiger partial charge in [0.1, 0.15) is 5.54 Å². The number of nitro groups is 1. The van der Waals surface area contributed by atoms with Crippen molar-refractivity contribution in [1.82, 2.24) is 10.2 Å². The summed E-state index contributed by atoms with van der Waals surface area (Å²) in [6.07, 6.45) is 0. The molecular weight excluding hydrogens is 310 g/mol. The molecule has 0 aliphatic carbocycles. The second-order valence-corrected chi connectivity index (χ2v) is 5.74. The van der Waals surface area contributed by atoms with Crippen LogP contribution in [0.3, 0.4) is 0 Å². The molecule has 1 N–H and O–H groups in total. The first-order valence-corrected chi connectivity index (χ1v) is 7.35.